The molecule has 0 aromatic heterocycles. The van der Waals surface area contributed by atoms with Gasteiger partial charge in [-0.05, 0) is 98.7 Å². The average molecular weight is 432 g/mol. The second kappa shape index (κ2) is 8.08. The zero-order chi connectivity index (χ0) is 22.3. The molecule has 0 heterocycles. The third-order valence-corrected chi connectivity index (χ3v) is 7.53. The minimum absolute atomic E-state index is 0.153. The topological polar surface area (TPSA) is 87.3 Å². The molecule has 2 aromatic carbocycles. The van der Waals surface area contributed by atoms with E-state index in [9.17, 15) is 14.4 Å². The first-order chi connectivity index (χ1) is 15.4. The highest BCUT2D eigenvalue weighted by atomic mass is 16.2. The smallest absolute Gasteiger partial charge is 0.255 e. The summed E-state index contributed by atoms with van der Waals surface area (Å²) in [6.07, 6.45) is 7.01. The Hall–Kier alpha value is -3.15. The van der Waals surface area contributed by atoms with Gasteiger partial charge in [0.25, 0.3) is 11.8 Å². The van der Waals surface area contributed by atoms with E-state index in [1.165, 1.54) is 19.3 Å². The van der Waals surface area contributed by atoms with Crippen LogP contribution in [0.5, 0.6) is 0 Å². The lowest BCUT2D eigenvalue weighted by Gasteiger charge is -2.55. The summed E-state index contributed by atoms with van der Waals surface area (Å²) < 4.78 is 0. The highest BCUT2D eigenvalue weighted by Crippen LogP contribution is 2.60. The van der Waals surface area contributed by atoms with Gasteiger partial charge in [-0.2, -0.15) is 0 Å². The van der Waals surface area contributed by atoms with Gasteiger partial charge in [-0.25, -0.2) is 0 Å². The van der Waals surface area contributed by atoms with Crippen LogP contribution in [-0.4, -0.2) is 24.8 Å². The number of hydrogen-bond donors (Lipinski definition) is 3. The summed E-state index contributed by atoms with van der Waals surface area (Å²) in [5.74, 6) is 1.85. The van der Waals surface area contributed by atoms with Crippen LogP contribution in [0.4, 0.5) is 11.4 Å². The maximum atomic E-state index is 13.2. The molecule has 3 N–H and O–H groups in total. The lowest BCUT2D eigenvalue weighted by molar-refractivity contribution is -0.140. The monoisotopic (exact) mass is 431 g/mol. The quantitative estimate of drug-likeness (QED) is 0.653. The predicted molar refractivity (Wildman–Crippen MR) is 123 cm³/mol. The van der Waals surface area contributed by atoms with Gasteiger partial charge in [0.15, 0.2) is 0 Å². The zero-order valence-electron chi connectivity index (χ0n) is 18.3. The Morgan fingerprint density at radius 3 is 1.97 bits per heavy atom. The first kappa shape index (κ1) is 20.7. The molecule has 4 fully saturated rings. The molecule has 0 atom stereocenters. The second-order valence-electron chi connectivity index (χ2n) is 9.84. The zero-order valence-corrected chi connectivity index (χ0v) is 18.3. The molecule has 0 spiro atoms. The fourth-order valence-corrected chi connectivity index (χ4v) is 6.44. The molecular formula is C26H29N3O3. The average Bonchev–Trinajstić information content (AvgIpc) is 2.78. The third kappa shape index (κ3) is 3.90. The maximum Gasteiger partial charge on any atom is 0.255 e. The number of anilines is 2. The Kier molecular flexibility index (Phi) is 5.24. The summed E-state index contributed by atoms with van der Waals surface area (Å²) in [4.78, 5) is 37.6. The molecule has 6 nitrogen and oxygen atoms in total. The van der Waals surface area contributed by atoms with Crippen LogP contribution in [-0.2, 0) is 4.79 Å². The molecule has 3 amide bonds. The largest absolute Gasteiger partial charge is 0.355 e. The van der Waals surface area contributed by atoms with Crippen molar-refractivity contribution in [1.82, 2.24) is 5.32 Å². The molecule has 166 valence electrons. The fourth-order valence-electron chi connectivity index (χ4n) is 6.44. The number of amides is 3. The van der Waals surface area contributed by atoms with Crippen molar-refractivity contribution < 1.29 is 14.4 Å². The summed E-state index contributed by atoms with van der Waals surface area (Å²) in [5, 5.41) is 8.52. The van der Waals surface area contributed by atoms with Crippen molar-refractivity contribution in [3.63, 3.8) is 0 Å². The van der Waals surface area contributed by atoms with Crippen molar-refractivity contribution in [3.8, 4) is 0 Å². The van der Waals surface area contributed by atoms with Gasteiger partial charge in [-0.1, -0.05) is 6.07 Å². The minimum atomic E-state index is -0.266. The molecule has 2 aromatic rings. The standard InChI is InChI=1S/C26H29N3O3/c1-27-23(30)20-3-2-4-22(12-20)28-24(31)19-5-7-21(8-6-19)29-25(32)26-13-16-9-17(14-26)11-18(10-16)15-26/h2-8,12,16-18H,9-11,13-15H2,1H3,(H,27,30)(H,28,31)(H,29,32). The molecular weight excluding hydrogens is 402 g/mol. The molecule has 0 unspecified atom stereocenters. The lowest BCUT2D eigenvalue weighted by atomic mass is 9.49. The van der Waals surface area contributed by atoms with Gasteiger partial charge in [0.2, 0.25) is 5.91 Å². The van der Waals surface area contributed by atoms with Crippen molar-refractivity contribution in [2.45, 2.75) is 38.5 Å². The number of rotatable bonds is 5. The molecule has 0 aliphatic heterocycles. The molecule has 4 aliphatic rings. The SMILES string of the molecule is CNC(=O)c1cccc(NC(=O)c2ccc(NC(=O)C34CC5CC(CC(C5)C3)C4)cc2)c1. The lowest BCUT2D eigenvalue weighted by Crippen LogP contribution is -2.51. The molecule has 0 saturated heterocycles. The Bertz CT molecular complexity index is 1020. The highest BCUT2D eigenvalue weighted by Gasteiger charge is 2.54. The number of carbonyl (C=O) groups is 3. The molecule has 6 heteroatoms. The molecule has 4 aliphatic carbocycles. The van der Waals surface area contributed by atoms with Crippen LogP contribution in [0.1, 0.15) is 59.2 Å². The molecule has 4 bridgehead atoms. The minimum Gasteiger partial charge on any atom is -0.355 e. The van der Waals surface area contributed by atoms with Gasteiger partial charge >= 0.3 is 0 Å². The van der Waals surface area contributed by atoms with Crippen LogP contribution in [0, 0.1) is 23.2 Å². The first-order valence-electron chi connectivity index (χ1n) is 11.5. The van der Waals surface area contributed by atoms with Crippen LogP contribution in [0.25, 0.3) is 0 Å². The Labute approximate surface area is 188 Å². The van der Waals surface area contributed by atoms with Gasteiger partial charge in [-0.15, -0.1) is 0 Å². The summed E-state index contributed by atoms with van der Waals surface area (Å²) in [6.45, 7) is 0. The van der Waals surface area contributed by atoms with Crippen molar-refractivity contribution in [2.75, 3.05) is 17.7 Å². The van der Waals surface area contributed by atoms with Crippen LogP contribution < -0.4 is 16.0 Å². The van der Waals surface area contributed by atoms with E-state index >= 15 is 0 Å². The van der Waals surface area contributed by atoms with E-state index in [0.29, 0.717) is 16.8 Å². The van der Waals surface area contributed by atoms with Gasteiger partial charge in [0.1, 0.15) is 0 Å². The summed E-state index contributed by atoms with van der Waals surface area (Å²) >= 11 is 0. The van der Waals surface area contributed by atoms with Crippen molar-refractivity contribution in [2.24, 2.45) is 23.2 Å². The maximum absolute atomic E-state index is 13.2. The van der Waals surface area contributed by atoms with Gasteiger partial charge in [0.05, 0.1) is 5.41 Å². The molecule has 32 heavy (non-hydrogen) atoms. The number of carbonyl (C=O) groups excluding carboxylic acids is 3. The van der Waals surface area contributed by atoms with Crippen molar-refractivity contribution in [1.29, 1.82) is 0 Å². The van der Waals surface area contributed by atoms with Crippen LogP contribution in [0.3, 0.4) is 0 Å². The van der Waals surface area contributed by atoms with E-state index in [2.05, 4.69) is 16.0 Å². The fraction of sp³-hybridized carbons (Fsp3) is 0.423. The van der Waals surface area contributed by atoms with E-state index in [0.717, 1.165) is 42.7 Å². The number of benzene rings is 2. The van der Waals surface area contributed by atoms with E-state index in [1.807, 2.05) is 0 Å². The third-order valence-electron chi connectivity index (χ3n) is 7.53. The second-order valence-corrected chi connectivity index (χ2v) is 9.84. The number of nitrogens with one attached hydrogen (secondary N) is 3. The molecule has 6 rings (SSSR count). The Morgan fingerprint density at radius 2 is 1.38 bits per heavy atom. The normalized spacial score (nSPS) is 27.6. The van der Waals surface area contributed by atoms with E-state index < -0.39 is 0 Å². The van der Waals surface area contributed by atoms with E-state index in [-0.39, 0.29) is 23.1 Å². The summed E-state index contributed by atoms with van der Waals surface area (Å²) in [6, 6.07) is 13.8. The van der Waals surface area contributed by atoms with E-state index in [1.54, 1.807) is 55.6 Å². The van der Waals surface area contributed by atoms with Gasteiger partial charge < -0.3 is 16.0 Å². The van der Waals surface area contributed by atoms with Crippen molar-refractivity contribution >= 4 is 29.1 Å². The Balaban J connectivity index is 1.23. The summed E-state index contributed by atoms with van der Waals surface area (Å²) in [5.41, 5.74) is 2.05. The van der Waals surface area contributed by atoms with E-state index in [4.69, 9.17) is 0 Å². The number of hydrogen-bond acceptors (Lipinski definition) is 3. The molecule has 4 saturated carbocycles. The first-order valence-corrected chi connectivity index (χ1v) is 11.5. The van der Waals surface area contributed by atoms with Crippen LogP contribution in [0.2, 0.25) is 0 Å². The van der Waals surface area contributed by atoms with Gasteiger partial charge in [0, 0.05) is 29.5 Å². The van der Waals surface area contributed by atoms with Crippen molar-refractivity contribution in [3.05, 3.63) is 59.7 Å². The summed E-state index contributed by atoms with van der Waals surface area (Å²) in [7, 11) is 1.57. The predicted octanol–water partition coefficient (Wildman–Crippen LogP) is 4.45. The Morgan fingerprint density at radius 1 is 0.750 bits per heavy atom. The van der Waals surface area contributed by atoms with Crippen LogP contribution in [0.15, 0.2) is 48.5 Å². The van der Waals surface area contributed by atoms with Gasteiger partial charge in [-0.3, -0.25) is 14.4 Å². The van der Waals surface area contributed by atoms with Crippen LogP contribution >= 0.6 is 0 Å². The molecule has 0 radical (unpaired) electrons. The highest BCUT2D eigenvalue weighted by molar-refractivity contribution is 6.05.